The molecule has 2 aliphatic rings. The number of carbonyl (C=O) groups excluding carboxylic acids is 1. The summed E-state index contributed by atoms with van der Waals surface area (Å²) in [5.41, 5.74) is 5.13. The zero-order chi connectivity index (χ0) is 25.5. The number of hydrogen-bond acceptors (Lipinski definition) is 6. The highest BCUT2D eigenvalue weighted by atomic mass is 16.5. The number of rotatable bonds is 6. The van der Waals surface area contributed by atoms with Gasteiger partial charge < -0.3 is 19.2 Å². The normalized spacial score (nSPS) is 19.3. The van der Waals surface area contributed by atoms with Crippen LogP contribution in [0.5, 0.6) is 17.2 Å². The molecule has 6 rings (SSSR count). The highest BCUT2D eigenvalue weighted by Crippen LogP contribution is 2.42. The van der Waals surface area contributed by atoms with Crippen LogP contribution in [0, 0.1) is 0 Å². The Hall–Kier alpha value is -4.30. The lowest BCUT2D eigenvalue weighted by atomic mass is 9.97. The minimum absolute atomic E-state index is 0.0347. The van der Waals surface area contributed by atoms with Gasteiger partial charge in [-0.15, -0.1) is 0 Å². The van der Waals surface area contributed by atoms with Gasteiger partial charge in [-0.25, -0.2) is 5.01 Å². The van der Waals surface area contributed by atoms with Gasteiger partial charge in [0.25, 0.3) is 5.91 Å². The van der Waals surface area contributed by atoms with Gasteiger partial charge >= 0.3 is 0 Å². The van der Waals surface area contributed by atoms with E-state index in [0.717, 1.165) is 28.1 Å². The van der Waals surface area contributed by atoms with E-state index in [-0.39, 0.29) is 18.1 Å². The molecule has 0 spiro atoms. The van der Waals surface area contributed by atoms with Crippen LogP contribution in [0.15, 0.2) is 71.8 Å². The number of nitrogens with one attached hydrogen (secondary N) is 1. The molecule has 2 aliphatic heterocycles. The van der Waals surface area contributed by atoms with Gasteiger partial charge in [-0.3, -0.25) is 9.69 Å². The first kappa shape index (κ1) is 23.1. The largest absolute Gasteiger partial charge is 0.497 e. The average Bonchev–Trinajstić information content (AvgIpc) is 3.44. The Labute approximate surface area is 215 Å². The molecule has 8 nitrogen and oxygen atoms in total. The molecule has 1 aromatic heterocycles. The Morgan fingerprint density at radius 3 is 2.57 bits per heavy atom. The summed E-state index contributed by atoms with van der Waals surface area (Å²) in [4.78, 5) is 19.7. The molecule has 1 amide bonds. The summed E-state index contributed by atoms with van der Waals surface area (Å²) in [5, 5.41) is 7.50. The Morgan fingerprint density at radius 2 is 1.76 bits per heavy atom. The molecule has 8 heteroatoms. The molecule has 3 heterocycles. The summed E-state index contributed by atoms with van der Waals surface area (Å²) in [5.74, 6) is 2.00. The molecule has 0 aliphatic carbocycles. The number of aromatic amines is 1. The zero-order valence-corrected chi connectivity index (χ0v) is 21.0. The smallest absolute Gasteiger partial charge is 0.262 e. The van der Waals surface area contributed by atoms with Crippen molar-refractivity contribution in [3.8, 4) is 17.2 Å². The summed E-state index contributed by atoms with van der Waals surface area (Å²) < 4.78 is 16.3. The molecular formula is C29H28N4O4. The van der Waals surface area contributed by atoms with Crippen molar-refractivity contribution in [1.29, 1.82) is 0 Å². The Kier molecular flexibility index (Phi) is 5.81. The fourth-order valence-corrected chi connectivity index (χ4v) is 5.43. The summed E-state index contributed by atoms with van der Waals surface area (Å²) in [7, 11) is 4.86. The van der Waals surface area contributed by atoms with Crippen molar-refractivity contribution in [1.82, 2.24) is 14.9 Å². The van der Waals surface area contributed by atoms with Gasteiger partial charge in [0, 0.05) is 34.8 Å². The second kappa shape index (κ2) is 9.29. The Bertz CT molecular complexity index is 1510. The van der Waals surface area contributed by atoms with Crippen molar-refractivity contribution < 1.29 is 19.0 Å². The predicted molar refractivity (Wildman–Crippen MR) is 141 cm³/mol. The molecule has 3 aromatic carbocycles. The van der Waals surface area contributed by atoms with Crippen molar-refractivity contribution >= 4 is 23.0 Å². The molecule has 0 saturated carbocycles. The number of hydrogen-bond donors (Lipinski definition) is 1. The van der Waals surface area contributed by atoms with Crippen LogP contribution in [-0.4, -0.2) is 54.4 Å². The summed E-state index contributed by atoms with van der Waals surface area (Å²) >= 11 is 0. The number of aromatic nitrogens is 1. The number of amides is 1. The van der Waals surface area contributed by atoms with Crippen LogP contribution in [-0.2, 0) is 17.8 Å². The third-order valence-corrected chi connectivity index (χ3v) is 7.25. The van der Waals surface area contributed by atoms with Crippen molar-refractivity contribution in [3.63, 3.8) is 0 Å². The van der Waals surface area contributed by atoms with Crippen LogP contribution in [0.1, 0.15) is 28.6 Å². The fraction of sp³-hybridized carbons (Fsp3) is 0.241. The number of benzene rings is 3. The lowest BCUT2D eigenvalue weighted by molar-refractivity contribution is -0.130. The second-order valence-electron chi connectivity index (χ2n) is 9.21. The lowest BCUT2D eigenvalue weighted by Gasteiger charge is -2.32. The molecule has 1 saturated heterocycles. The quantitative estimate of drug-likeness (QED) is 0.398. The SMILES string of the molecule is COc1cccc(C2N(/N=C/c3ccc(OC)cc3OC)C(=O)[C@@H]3Cc4c([nH]c5ccccc45)CN23)c1. The van der Waals surface area contributed by atoms with Gasteiger partial charge in [-0.1, -0.05) is 30.3 Å². The van der Waals surface area contributed by atoms with E-state index in [4.69, 9.17) is 19.3 Å². The van der Waals surface area contributed by atoms with Gasteiger partial charge in [-0.05, 0) is 47.9 Å². The van der Waals surface area contributed by atoms with Crippen LogP contribution in [0.3, 0.4) is 0 Å². The molecular weight excluding hydrogens is 468 g/mol. The maximum atomic E-state index is 13.9. The van der Waals surface area contributed by atoms with E-state index in [1.54, 1.807) is 38.6 Å². The molecule has 1 fully saturated rings. The van der Waals surface area contributed by atoms with E-state index < -0.39 is 0 Å². The minimum Gasteiger partial charge on any atom is -0.497 e. The van der Waals surface area contributed by atoms with E-state index in [0.29, 0.717) is 24.5 Å². The Morgan fingerprint density at radius 1 is 0.946 bits per heavy atom. The Balaban J connectivity index is 1.41. The molecule has 37 heavy (non-hydrogen) atoms. The number of fused-ring (bicyclic) bond motifs is 4. The highest BCUT2D eigenvalue weighted by Gasteiger charge is 2.49. The first-order valence-electron chi connectivity index (χ1n) is 12.2. The lowest BCUT2D eigenvalue weighted by Crippen LogP contribution is -2.39. The number of carbonyl (C=O) groups is 1. The molecule has 2 atom stereocenters. The van der Waals surface area contributed by atoms with Gasteiger partial charge in [0.2, 0.25) is 0 Å². The highest BCUT2D eigenvalue weighted by molar-refractivity contribution is 5.91. The van der Waals surface area contributed by atoms with Crippen LogP contribution in [0.2, 0.25) is 0 Å². The first-order valence-corrected chi connectivity index (χ1v) is 12.2. The van der Waals surface area contributed by atoms with Gasteiger partial charge in [0.1, 0.15) is 23.4 Å². The fourth-order valence-electron chi connectivity index (χ4n) is 5.43. The number of nitrogens with zero attached hydrogens (tertiary/aromatic N) is 3. The maximum absolute atomic E-state index is 13.9. The van der Waals surface area contributed by atoms with E-state index in [1.807, 2.05) is 48.5 Å². The molecule has 1 unspecified atom stereocenters. The number of H-pyrrole nitrogens is 1. The van der Waals surface area contributed by atoms with Crippen molar-refractivity contribution in [2.24, 2.45) is 5.10 Å². The zero-order valence-electron chi connectivity index (χ0n) is 21.0. The molecule has 0 radical (unpaired) electrons. The number of methoxy groups -OCH3 is 3. The van der Waals surface area contributed by atoms with Gasteiger partial charge in [0.15, 0.2) is 0 Å². The maximum Gasteiger partial charge on any atom is 0.262 e. The van der Waals surface area contributed by atoms with E-state index in [2.05, 4.69) is 22.0 Å². The molecule has 188 valence electrons. The monoisotopic (exact) mass is 496 g/mol. The second-order valence-corrected chi connectivity index (χ2v) is 9.21. The molecule has 1 N–H and O–H groups in total. The van der Waals surface area contributed by atoms with Crippen LogP contribution < -0.4 is 14.2 Å². The molecule has 4 aromatic rings. The van der Waals surface area contributed by atoms with Crippen molar-refractivity contribution in [3.05, 3.63) is 89.1 Å². The standard InChI is InChI=1S/C29H28N4O4/c1-35-20-8-6-7-18(13-20)28-32-17-25-23(22-9-4-5-10-24(22)31-25)15-26(32)29(34)33(28)30-16-19-11-12-21(36-2)14-27(19)37-3/h4-14,16,26,28,31H,15,17H2,1-3H3/b30-16+/t26-,28?/m0/s1. The van der Waals surface area contributed by atoms with Crippen LogP contribution in [0.25, 0.3) is 10.9 Å². The first-order chi connectivity index (χ1) is 18.1. The minimum atomic E-state index is -0.382. The molecule has 0 bridgehead atoms. The predicted octanol–water partition coefficient (Wildman–Crippen LogP) is 4.50. The number of hydrazone groups is 1. The van der Waals surface area contributed by atoms with Crippen LogP contribution >= 0.6 is 0 Å². The van der Waals surface area contributed by atoms with Crippen LogP contribution in [0.4, 0.5) is 0 Å². The summed E-state index contributed by atoms with van der Waals surface area (Å²) in [6.07, 6.45) is 1.92. The van der Waals surface area contributed by atoms with E-state index >= 15 is 0 Å². The van der Waals surface area contributed by atoms with Gasteiger partial charge in [0.05, 0.1) is 33.6 Å². The van der Waals surface area contributed by atoms with Crippen molar-refractivity contribution in [2.45, 2.75) is 25.2 Å². The topological polar surface area (TPSA) is 79.4 Å². The summed E-state index contributed by atoms with van der Waals surface area (Å²) in [6.45, 7) is 0.611. The van der Waals surface area contributed by atoms with E-state index in [1.165, 1.54) is 10.9 Å². The van der Waals surface area contributed by atoms with E-state index in [9.17, 15) is 4.79 Å². The number of ether oxygens (including phenoxy) is 3. The summed E-state index contributed by atoms with van der Waals surface area (Å²) in [6, 6.07) is 21.3. The number of para-hydroxylation sites is 1. The third kappa shape index (κ3) is 3.90. The third-order valence-electron chi connectivity index (χ3n) is 7.25. The van der Waals surface area contributed by atoms with Crippen molar-refractivity contribution in [2.75, 3.05) is 21.3 Å². The van der Waals surface area contributed by atoms with Gasteiger partial charge in [-0.2, -0.15) is 5.10 Å². The average molecular weight is 497 g/mol.